The molecule has 0 radical (unpaired) electrons. The largest absolute Gasteiger partial charge is 0.489 e. The number of rotatable bonds is 5. The number of H-pyrrole nitrogens is 1. The summed E-state index contributed by atoms with van der Waals surface area (Å²) in [5.41, 5.74) is 12.7. The van der Waals surface area contributed by atoms with Crippen molar-refractivity contribution in [2.24, 2.45) is 11.7 Å². The summed E-state index contributed by atoms with van der Waals surface area (Å²) >= 11 is 1.93. The van der Waals surface area contributed by atoms with Crippen molar-refractivity contribution in [3.8, 4) is 17.0 Å². The number of nitrogens with zero attached hydrogens (tertiary/aromatic N) is 4. The van der Waals surface area contributed by atoms with Crippen LogP contribution in [-0.2, 0) is 11.2 Å². The Labute approximate surface area is 207 Å². The Kier molecular flexibility index (Phi) is 4.61. The fraction of sp³-hybridized carbons (Fsp3) is 0.500. The molecule has 3 N–H and O–H groups in total. The number of piperidine rings is 1. The van der Waals surface area contributed by atoms with Gasteiger partial charge in [-0.1, -0.05) is 13.8 Å². The maximum absolute atomic E-state index is 11.5. The SMILES string of the molecule is Cc1c([C@@H]2C[C@@H]3C[C@H]2CN3CC(N)=O)sc2[nH]c(-c3cn4ncnc4c4c3CCO4)c(C(C)C)c12. The van der Waals surface area contributed by atoms with E-state index in [1.807, 2.05) is 15.9 Å². The molecule has 0 spiro atoms. The third-order valence-corrected chi connectivity index (χ3v) is 9.72. The van der Waals surface area contributed by atoms with Crippen molar-refractivity contribution in [1.29, 1.82) is 0 Å². The van der Waals surface area contributed by atoms with Crippen molar-refractivity contribution in [3.05, 3.63) is 34.1 Å². The van der Waals surface area contributed by atoms with Gasteiger partial charge >= 0.3 is 0 Å². The lowest BCUT2D eigenvalue weighted by Gasteiger charge is -2.30. The number of hydrogen-bond acceptors (Lipinski definition) is 6. The fourth-order valence-electron chi connectivity index (χ4n) is 6.99. The quantitative estimate of drug-likeness (QED) is 0.441. The highest BCUT2D eigenvalue weighted by atomic mass is 32.1. The van der Waals surface area contributed by atoms with Crippen LogP contribution in [0.2, 0.25) is 0 Å². The summed E-state index contributed by atoms with van der Waals surface area (Å²) < 4.78 is 7.83. The van der Waals surface area contributed by atoms with Gasteiger partial charge in [-0.2, -0.15) is 5.10 Å². The molecule has 1 saturated heterocycles. The van der Waals surface area contributed by atoms with Crippen LogP contribution in [0.3, 0.4) is 0 Å². The third-order valence-electron chi connectivity index (χ3n) is 8.38. The van der Waals surface area contributed by atoms with Crippen LogP contribution in [0.4, 0.5) is 0 Å². The van der Waals surface area contributed by atoms with E-state index in [0.29, 0.717) is 36.9 Å². The number of aromatic amines is 1. The second kappa shape index (κ2) is 7.54. The van der Waals surface area contributed by atoms with Gasteiger partial charge in [0.05, 0.1) is 18.8 Å². The first-order chi connectivity index (χ1) is 16.9. The molecule has 4 aromatic heterocycles. The summed E-state index contributed by atoms with van der Waals surface area (Å²) in [7, 11) is 0. The maximum Gasteiger partial charge on any atom is 0.231 e. The van der Waals surface area contributed by atoms with E-state index in [1.165, 1.54) is 49.5 Å². The number of nitrogens with one attached hydrogen (secondary N) is 1. The third kappa shape index (κ3) is 3.04. The van der Waals surface area contributed by atoms with Gasteiger partial charge in [0.15, 0.2) is 11.4 Å². The zero-order valence-electron chi connectivity index (χ0n) is 20.3. The number of amides is 1. The van der Waals surface area contributed by atoms with Crippen LogP contribution in [0.5, 0.6) is 5.75 Å². The molecule has 1 aliphatic carbocycles. The van der Waals surface area contributed by atoms with Crippen molar-refractivity contribution in [2.75, 3.05) is 19.7 Å². The molecule has 2 aliphatic heterocycles. The van der Waals surface area contributed by atoms with Crippen molar-refractivity contribution >= 4 is 33.1 Å². The molecule has 182 valence electrons. The molecule has 2 fully saturated rings. The number of likely N-dealkylation sites (tertiary alicyclic amines) is 1. The van der Waals surface area contributed by atoms with Crippen LogP contribution in [-0.4, -0.2) is 56.1 Å². The number of primary amides is 1. The summed E-state index contributed by atoms with van der Waals surface area (Å²) in [6.45, 7) is 8.93. The molecule has 3 atom stereocenters. The summed E-state index contributed by atoms with van der Waals surface area (Å²) in [6, 6.07) is 0.481. The Morgan fingerprint density at radius 1 is 1.37 bits per heavy atom. The highest BCUT2D eigenvalue weighted by Crippen LogP contribution is 2.53. The van der Waals surface area contributed by atoms with Gasteiger partial charge < -0.3 is 15.5 Å². The van der Waals surface area contributed by atoms with Crippen molar-refractivity contribution < 1.29 is 9.53 Å². The molecule has 0 unspecified atom stereocenters. The normalized spacial score (nSPS) is 23.7. The molecule has 2 bridgehead atoms. The van der Waals surface area contributed by atoms with Crippen LogP contribution in [0.1, 0.15) is 60.1 Å². The number of thiophene rings is 1. The molecule has 0 aromatic carbocycles. The predicted molar refractivity (Wildman–Crippen MR) is 136 cm³/mol. The van der Waals surface area contributed by atoms with Crippen LogP contribution < -0.4 is 10.5 Å². The topological polar surface area (TPSA) is 102 Å². The van der Waals surface area contributed by atoms with Crippen LogP contribution in [0.15, 0.2) is 12.5 Å². The number of nitrogens with two attached hydrogens (primary N) is 1. The number of carbonyl (C=O) groups excluding carboxylic acids is 1. The average molecular weight is 491 g/mol. The standard InChI is InChI=1S/C26H30N6O2S/c1-12(2)20-21-13(3)24(17-7-15-6-14(17)8-31(15)10-19(27)33)35-26(21)30-22(20)18-9-32-25(28-11-29-32)23-16(18)4-5-34-23/h9,11-12,14-15,17,30H,4-8,10H2,1-3H3,(H2,27,33)/t14-,15-,17+/m0/s1. The lowest BCUT2D eigenvalue weighted by Crippen LogP contribution is -2.40. The molecule has 6 heterocycles. The van der Waals surface area contributed by atoms with E-state index in [-0.39, 0.29) is 5.91 Å². The number of carbonyl (C=O) groups is 1. The van der Waals surface area contributed by atoms with Gasteiger partial charge in [0.2, 0.25) is 5.91 Å². The monoisotopic (exact) mass is 490 g/mol. The maximum atomic E-state index is 11.5. The average Bonchev–Trinajstić information content (AvgIpc) is 3.61. The lowest BCUT2D eigenvalue weighted by molar-refractivity contribution is -0.119. The fourth-order valence-corrected chi connectivity index (χ4v) is 8.42. The number of aromatic nitrogens is 4. The van der Waals surface area contributed by atoms with E-state index in [1.54, 1.807) is 6.33 Å². The Bertz CT molecular complexity index is 1500. The molecule has 1 saturated carbocycles. The highest BCUT2D eigenvalue weighted by molar-refractivity contribution is 7.19. The Hall–Kier alpha value is -2.91. The summed E-state index contributed by atoms with van der Waals surface area (Å²) in [4.78, 5) is 24.8. The van der Waals surface area contributed by atoms with Crippen molar-refractivity contribution in [1.82, 2.24) is 24.5 Å². The summed E-state index contributed by atoms with van der Waals surface area (Å²) in [5.74, 6) is 2.20. The van der Waals surface area contributed by atoms with E-state index in [4.69, 9.17) is 10.5 Å². The minimum absolute atomic E-state index is 0.218. The first-order valence-electron chi connectivity index (χ1n) is 12.6. The van der Waals surface area contributed by atoms with Gasteiger partial charge in [0.25, 0.3) is 0 Å². The minimum atomic E-state index is -0.218. The van der Waals surface area contributed by atoms with Gasteiger partial charge in [-0.15, -0.1) is 11.3 Å². The van der Waals surface area contributed by atoms with Crippen LogP contribution >= 0.6 is 11.3 Å². The molecule has 9 heteroatoms. The molecule has 35 heavy (non-hydrogen) atoms. The van der Waals surface area contributed by atoms with E-state index >= 15 is 0 Å². The molecular formula is C26H30N6O2S. The number of aryl methyl sites for hydroxylation is 1. The van der Waals surface area contributed by atoms with Gasteiger partial charge in [-0.3, -0.25) is 9.69 Å². The zero-order chi connectivity index (χ0) is 24.0. The molecule has 7 rings (SSSR count). The molecule has 4 aromatic rings. The number of ether oxygens (including phenoxy) is 1. The second-order valence-corrected chi connectivity index (χ2v) is 11.8. The Balaban J connectivity index is 1.32. The zero-order valence-corrected chi connectivity index (χ0v) is 21.1. The van der Waals surface area contributed by atoms with Gasteiger partial charge in [0, 0.05) is 46.6 Å². The highest BCUT2D eigenvalue weighted by Gasteiger charge is 2.46. The van der Waals surface area contributed by atoms with Crippen molar-refractivity contribution in [2.45, 2.75) is 57.9 Å². The first-order valence-corrected chi connectivity index (χ1v) is 13.4. The number of hydrogen-bond donors (Lipinski definition) is 2. The molecule has 3 aliphatic rings. The summed E-state index contributed by atoms with van der Waals surface area (Å²) in [5, 5.41) is 5.80. The lowest BCUT2D eigenvalue weighted by atomic mass is 9.88. The summed E-state index contributed by atoms with van der Waals surface area (Å²) in [6.07, 6.45) is 6.88. The van der Waals surface area contributed by atoms with Crippen LogP contribution in [0.25, 0.3) is 27.1 Å². The van der Waals surface area contributed by atoms with Crippen LogP contribution in [0, 0.1) is 12.8 Å². The molecule has 1 amide bonds. The number of fused-ring (bicyclic) bond motifs is 6. The van der Waals surface area contributed by atoms with Gasteiger partial charge in [-0.05, 0) is 48.6 Å². The van der Waals surface area contributed by atoms with Gasteiger partial charge in [-0.25, -0.2) is 9.50 Å². The van der Waals surface area contributed by atoms with E-state index in [2.05, 4.69) is 46.9 Å². The molecular weight excluding hydrogens is 460 g/mol. The Morgan fingerprint density at radius 3 is 2.97 bits per heavy atom. The van der Waals surface area contributed by atoms with E-state index in [9.17, 15) is 4.79 Å². The second-order valence-electron chi connectivity index (χ2n) is 10.7. The molecule has 8 nitrogen and oxygen atoms in total. The number of pyridine rings is 1. The smallest absolute Gasteiger partial charge is 0.231 e. The van der Waals surface area contributed by atoms with E-state index in [0.717, 1.165) is 30.8 Å². The van der Waals surface area contributed by atoms with Gasteiger partial charge in [0.1, 0.15) is 11.2 Å². The Morgan fingerprint density at radius 2 is 2.23 bits per heavy atom. The van der Waals surface area contributed by atoms with E-state index < -0.39 is 0 Å². The minimum Gasteiger partial charge on any atom is -0.489 e. The first kappa shape index (κ1) is 21.4. The van der Waals surface area contributed by atoms with Crippen molar-refractivity contribution in [3.63, 3.8) is 0 Å². The predicted octanol–water partition coefficient (Wildman–Crippen LogP) is 3.97.